The SMILES string of the molecule is Cc1ncc(N)c(-c2cccs2)n1. The van der Waals surface area contributed by atoms with Gasteiger partial charge in [0, 0.05) is 0 Å². The van der Waals surface area contributed by atoms with Crippen molar-refractivity contribution in [1.29, 1.82) is 0 Å². The molecule has 0 unspecified atom stereocenters. The fourth-order valence-electron chi connectivity index (χ4n) is 1.09. The van der Waals surface area contributed by atoms with Gasteiger partial charge in [-0.05, 0) is 18.4 Å². The van der Waals surface area contributed by atoms with Gasteiger partial charge in [-0.25, -0.2) is 9.97 Å². The Balaban J connectivity index is 2.57. The van der Waals surface area contributed by atoms with Gasteiger partial charge in [0.25, 0.3) is 0 Å². The Morgan fingerprint density at radius 2 is 2.31 bits per heavy atom. The first-order valence-corrected chi connectivity index (χ1v) is 4.78. The van der Waals surface area contributed by atoms with Gasteiger partial charge in [0.05, 0.1) is 16.8 Å². The third kappa shape index (κ3) is 1.53. The lowest BCUT2D eigenvalue weighted by molar-refractivity contribution is 1.06. The van der Waals surface area contributed by atoms with Gasteiger partial charge in [-0.1, -0.05) is 6.07 Å². The second-order valence-electron chi connectivity index (χ2n) is 2.70. The lowest BCUT2D eigenvalue weighted by atomic mass is 10.3. The molecule has 0 aliphatic rings. The largest absolute Gasteiger partial charge is 0.396 e. The molecule has 2 rings (SSSR count). The summed E-state index contributed by atoms with van der Waals surface area (Å²) in [5, 5.41) is 2.01. The molecule has 13 heavy (non-hydrogen) atoms. The summed E-state index contributed by atoms with van der Waals surface area (Å²) in [7, 11) is 0. The summed E-state index contributed by atoms with van der Waals surface area (Å²) in [5.41, 5.74) is 7.23. The molecule has 0 saturated heterocycles. The maximum atomic E-state index is 5.76. The second kappa shape index (κ2) is 3.14. The van der Waals surface area contributed by atoms with Crippen LogP contribution in [0.1, 0.15) is 5.82 Å². The van der Waals surface area contributed by atoms with E-state index in [0.29, 0.717) is 5.69 Å². The molecular weight excluding hydrogens is 182 g/mol. The lowest BCUT2D eigenvalue weighted by Gasteiger charge is -2.01. The smallest absolute Gasteiger partial charge is 0.126 e. The fourth-order valence-corrected chi connectivity index (χ4v) is 1.83. The molecule has 0 spiro atoms. The Hall–Kier alpha value is -1.42. The van der Waals surface area contributed by atoms with Crippen LogP contribution in [0.2, 0.25) is 0 Å². The van der Waals surface area contributed by atoms with E-state index in [2.05, 4.69) is 9.97 Å². The summed E-state index contributed by atoms with van der Waals surface area (Å²) in [6, 6.07) is 3.99. The zero-order valence-electron chi connectivity index (χ0n) is 7.19. The zero-order chi connectivity index (χ0) is 9.26. The van der Waals surface area contributed by atoms with Gasteiger partial charge in [0.2, 0.25) is 0 Å². The Labute approximate surface area is 80.3 Å². The van der Waals surface area contributed by atoms with E-state index < -0.39 is 0 Å². The number of aromatic nitrogens is 2. The van der Waals surface area contributed by atoms with Crippen molar-refractivity contribution in [3.8, 4) is 10.6 Å². The molecule has 2 aromatic rings. The van der Waals surface area contributed by atoms with E-state index in [-0.39, 0.29) is 0 Å². The van der Waals surface area contributed by atoms with Crippen LogP contribution in [-0.4, -0.2) is 9.97 Å². The summed E-state index contributed by atoms with van der Waals surface area (Å²) in [5.74, 6) is 0.748. The van der Waals surface area contributed by atoms with Crippen LogP contribution in [0.15, 0.2) is 23.7 Å². The van der Waals surface area contributed by atoms with Crippen LogP contribution in [0.4, 0.5) is 5.69 Å². The van der Waals surface area contributed by atoms with Crippen LogP contribution in [0, 0.1) is 6.92 Å². The normalized spacial score (nSPS) is 10.2. The monoisotopic (exact) mass is 191 g/mol. The molecule has 2 heterocycles. The van der Waals surface area contributed by atoms with E-state index >= 15 is 0 Å². The number of nitrogen functional groups attached to an aromatic ring is 1. The predicted octanol–water partition coefficient (Wildman–Crippen LogP) is 2.10. The van der Waals surface area contributed by atoms with Crippen molar-refractivity contribution in [3.05, 3.63) is 29.5 Å². The number of anilines is 1. The van der Waals surface area contributed by atoms with Crippen LogP contribution >= 0.6 is 11.3 Å². The zero-order valence-corrected chi connectivity index (χ0v) is 8.01. The van der Waals surface area contributed by atoms with Crippen LogP contribution < -0.4 is 5.73 Å². The Bertz CT molecular complexity index is 409. The van der Waals surface area contributed by atoms with Crippen LogP contribution in [0.5, 0.6) is 0 Å². The van der Waals surface area contributed by atoms with E-state index in [4.69, 9.17) is 5.73 Å². The standard InChI is InChI=1S/C9H9N3S/c1-6-11-5-7(10)9(12-6)8-3-2-4-13-8/h2-5H,10H2,1H3. The summed E-state index contributed by atoms with van der Waals surface area (Å²) in [6.07, 6.45) is 1.65. The fraction of sp³-hybridized carbons (Fsp3) is 0.111. The average Bonchev–Trinajstić information content (AvgIpc) is 2.61. The Kier molecular flexibility index (Phi) is 1.98. The van der Waals surface area contributed by atoms with Gasteiger partial charge < -0.3 is 5.73 Å². The molecule has 4 heteroatoms. The highest BCUT2D eigenvalue weighted by Crippen LogP contribution is 2.26. The van der Waals surface area contributed by atoms with E-state index in [1.54, 1.807) is 17.5 Å². The van der Waals surface area contributed by atoms with Crippen molar-refractivity contribution in [2.24, 2.45) is 0 Å². The minimum absolute atomic E-state index is 0.632. The molecule has 0 saturated carbocycles. The maximum absolute atomic E-state index is 5.76. The summed E-state index contributed by atoms with van der Waals surface area (Å²) < 4.78 is 0. The number of nitrogens with two attached hydrogens (primary N) is 1. The van der Waals surface area contributed by atoms with Crippen LogP contribution in [-0.2, 0) is 0 Å². The topological polar surface area (TPSA) is 51.8 Å². The second-order valence-corrected chi connectivity index (χ2v) is 3.65. The van der Waals surface area contributed by atoms with Crippen molar-refractivity contribution in [1.82, 2.24) is 9.97 Å². The van der Waals surface area contributed by atoms with Crippen molar-refractivity contribution in [2.75, 3.05) is 5.73 Å². The molecule has 66 valence electrons. The average molecular weight is 191 g/mol. The summed E-state index contributed by atoms with van der Waals surface area (Å²) in [6.45, 7) is 1.86. The molecule has 0 amide bonds. The highest BCUT2D eigenvalue weighted by molar-refractivity contribution is 7.13. The van der Waals surface area contributed by atoms with Gasteiger partial charge in [0.15, 0.2) is 0 Å². The van der Waals surface area contributed by atoms with Gasteiger partial charge >= 0.3 is 0 Å². The minimum Gasteiger partial charge on any atom is -0.396 e. The van der Waals surface area contributed by atoms with Crippen LogP contribution in [0.3, 0.4) is 0 Å². The molecular formula is C9H9N3S. The number of hydrogen-bond acceptors (Lipinski definition) is 4. The molecule has 0 fully saturated rings. The Morgan fingerprint density at radius 1 is 1.46 bits per heavy atom. The number of rotatable bonds is 1. The van der Waals surface area contributed by atoms with E-state index in [0.717, 1.165) is 16.4 Å². The lowest BCUT2D eigenvalue weighted by Crippen LogP contribution is -1.96. The highest BCUT2D eigenvalue weighted by atomic mass is 32.1. The van der Waals surface area contributed by atoms with Crippen molar-refractivity contribution in [2.45, 2.75) is 6.92 Å². The first-order chi connectivity index (χ1) is 6.27. The molecule has 0 radical (unpaired) electrons. The van der Waals surface area contributed by atoms with Crippen molar-refractivity contribution >= 4 is 17.0 Å². The van der Waals surface area contributed by atoms with Gasteiger partial charge in [-0.15, -0.1) is 11.3 Å². The molecule has 3 nitrogen and oxygen atoms in total. The quantitative estimate of drug-likeness (QED) is 0.751. The third-order valence-corrected chi connectivity index (χ3v) is 2.57. The molecule has 0 aromatic carbocycles. The number of hydrogen-bond donors (Lipinski definition) is 1. The predicted molar refractivity (Wildman–Crippen MR) is 54.5 cm³/mol. The molecule has 2 aromatic heterocycles. The Morgan fingerprint density at radius 3 is 3.00 bits per heavy atom. The van der Waals surface area contributed by atoms with Crippen LogP contribution in [0.25, 0.3) is 10.6 Å². The van der Waals surface area contributed by atoms with Crippen molar-refractivity contribution in [3.63, 3.8) is 0 Å². The first kappa shape index (κ1) is 8.19. The number of nitrogens with zero attached hydrogens (tertiary/aromatic N) is 2. The van der Waals surface area contributed by atoms with Gasteiger partial charge in [-0.3, -0.25) is 0 Å². The molecule has 0 aliphatic carbocycles. The maximum Gasteiger partial charge on any atom is 0.126 e. The molecule has 0 atom stereocenters. The molecule has 0 bridgehead atoms. The van der Waals surface area contributed by atoms with E-state index in [9.17, 15) is 0 Å². The number of thiophene rings is 1. The van der Waals surface area contributed by atoms with E-state index in [1.165, 1.54) is 0 Å². The summed E-state index contributed by atoms with van der Waals surface area (Å²) >= 11 is 1.63. The van der Waals surface area contributed by atoms with E-state index in [1.807, 2.05) is 24.4 Å². The van der Waals surface area contributed by atoms with Crippen molar-refractivity contribution < 1.29 is 0 Å². The minimum atomic E-state index is 0.632. The molecule has 0 aliphatic heterocycles. The summed E-state index contributed by atoms with van der Waals surface area (Å²) in [4.78, 5) is 9.39. The third-order valence-electron chi connectivity index (χ3n) is 1.69. The van der Waals surface area contributed by atoms with Gasteiger partial charge in [-0.2, -0.15) is 0 Å². The molecule has 2 N–H and O–H groups in total. The number of aryl methyl sites for hydroxylation is 1. The first-order valence-electron chi connectivity index (χ1n) is 3.90. The highest BCUT2D eigenvalue weighted by Gasteiger charge is 2.05. The van der Waals surface area contributed by atoms with Gasteiger partial charge in [0.1, 0.15) is 11.5 Å².